The van der Waals surface area contributed by atoms with Crippen LogP contribution in [0.25, 0.3) is 11.7 Å². The van der Waals surface area contributed by atoms with Gasteiger partial charge >= 0.3 is 0 Å². The quantitative estimate of drug-likeness (QED) is 0.657. The minimum Gasteiger partial charge on any atom is -0.459 e. The molecule has 1 amide bonds. The summed E-state index contributed by atoms with van der Waals surface area (Å²) in [6.07, 6.45) is 1.54. The molecule has 2 N–H and O–H groups in total. The Morgan fingerprint density at radius 3 is 2.76 bits per heavy atom. The lowest BCUT2D eigenvalue weighted by Gasteiger charge is -2.13. The maximum absolute atomic E-state index is 12.1. The van der Waals surface area contributed by atoms with E-state index in [9.17, 15) is 4.79 Å². The van der Waals surface area contributed by atoms with Crippen LogP contribution in [-0.4, -0.2) is 29.3 Å². The molecular weight excluding hydrogens is 340 g/mol. The van der Waals surface area contributed by atoms with Gasteiger partial charge in [0.25, 0.3) is 16.6 Å². The fraction of sp³-hybridized carbons (Fsp3) is 0.235. The molecule has 130 valence electrons. The van der Waals surface area contributed by atoms with Crippen molar-refractivity contribution in [1.82, 2.24) is 9.78 Å². The van der Waals surface area contributed by atoms with Crippen molar-refractivity contribution in [3.05, 3.63) is 53.1 Å². The predicted octanol–water partition coefficient (Wildman–Crippen LogP) is 1.88. The molecule has 8 heteroatoms. The lowest BCUT2D eigenvalue weighted by molar-refractivity contribution is -0.895. The molecule has 0 aliphatic heterocycles. The molecular formula is C17H19N4O3S+. The summed E-state index contributed by atoms with van der Waals surface area (Å²) in [5, 5.41) is 7.17. The fourth-order valence-electron chi connectivity index (χ4n) is 2.33. The van der Waals surface area contributed by atoms with Gasteiger partial charge in [-0.3, -0.25) is 4.79 Å². The van der Waals surface area contributed by atoms with E-state index in [1.807, 2.05) is 38.2 Å². The Morgan fingerprint density at radius 2 is 2.08 bits per heavy atom. The Morgan fingerprint density at radius 1 is 1.32 bits per heavy atom. The molecule has 3 rings (SSSR count). The Bertz CT molecular complexity index is 897. The van der Waals surface area contributed by atoms with E-state index in [4.69, 9.17) is 21.1 Å². The standard InChI is InChI=1S/C17H18N4O3S/c1-12-5-7-13(8-6-12)18-15(22)10-20(2)11-21-17(25)24-16(19-21)14-4-3-9-23-14/h3-9H,10-11H2,1-2H3,(H,18,22)/p+1. The number of carbonyl (C=O) groups excluding carboxylic acids is 1. The van der Waals surface area contributed by atoms with Gasteiger partial charge in [-0.1, -0.05) is 17.7 Å². The second-order valence-corrected chi connectivity index (χ2v) is 6.21. The zero-order valence-electron chi connectivity index (χ0n) is 14.0. The fourth-order valence-corrected chi connectivity index (χ4v) is 2.52. The van der Waals surface area contributed by atoms with Gasteiger partial charge in [0.1, 0.15) is 0 Å². The summed E-state index contributed by atoms with van der Waals surface area (Å²) in [5.41, 5.74) is 1.93. The average molecular weight is 359 g/mol. The van der Waals surface area contributed by atoms with E-state index in [2.05, 4.69) is 10.4 Å². The van der Waals surface area contributed by atoms with Crippen LogP contribution in [-0.2, 0) is 11.5 Å². The molecule has 0 spiro atoms. The zero-order valence-corrected chi connectivity index (χ0v) is 14.8. The Balaban J connectivity index is 1.59. The number of amides is 1. The number of anilines is 1. The summed E-state index contributed by atoms with van der Waals surface area (Å²) in [6.45, 7) is 2.69. The van der Waals surface area contributed by atoms with Gasteiger partial charge in [-0.2, -0.15) is 4.68 Å². The number of hydrogen-bond acceptors (Lipinski definition) is 5. The van der Waals surface area contributed by atoms with Crippen molar-refractivity contribution < 1.29 is 18.5 Å². The maximum atomic E-state index is 12.1. The first-order chi connectivity index (χ1) is 12.0. The van der Waals surface area contributed by atoms with E-state index >= 15 is 0 Å². The van der Waals surface area contributed by atoms with Gasteiger partial charge < -0.3 is 19.1 Å². The molecule has 3 aromatic rings. The number of aromatic nitrogens is 2. The van der Waals surface area contributed by atoms with Crippen molar-refractivity contribution in [2.45, 2.75) is 13.6 Å². The Kier molecular flexibility index (Phi) is 5.11. The smallest absolute Gasteiger partial charge is 0.292 e. The number of benzene rings is 1. The van der Waals surface area contributed by atoms with Gasteiger partial charge in [0, 0.05) is 5.69 Å². The van der Waals surface area contributed by atoms with E-state index in [0.29, 0.717) is 18.3 Å². The molecule has 1 aromatic carbocycles. The monoisotopic (exact) mass is 359 g/mol. The van der Waals surface area contributed by atoms with Crippen molar-refractivity contribution in [3.63, 3.8) is 0 Å². The van der Waals surface area contributed by atoms with E-state index in [-0.39, 0.29) is 17.3 Å². The first kappa shape index (κ1) is 17.1. The Hall–Kier alpha value is -2.71. The van der Waals surface area contributed by atoms with E-state index < -0.39 is 0 Å². The summed E-state index contributed by atoms with van der Waals surface area (Å²) in [5.74, 6) is 0.758. The summed E-state index contributed by atoms with van der Waals surface area (Å²) in [6, 6.07) is 11.2. The molecule has 2 heterocycles. The molecule has 2 aromatic heterocycles. The van der Waals surface area contributed by atoms with Crippen LogP contribution in [0.2, 0.25) is 0 Å². The summed E-state index contributed by atoms with van der Waals surface area (Å²) < 4.78 is 12.2. The number of likely N-dealkylation sites (N-methyl/N-ethyl adjacent to an activating group) is 1. The van der Waals surface area contributed by atoms with Gasteiger partial charge in [0.05, 0.1) is 13.3 Å². The lowest BCUT2D eigenvalue weighted by atomic mass is 10.2. The number of carbonyl (C=O) groups is 1. The number of hydrogen-bond donors (Lipinski definition) is 2. The third-order valence-electron chi connectivity index (χ3n) is 3.56. The first-order valence-electron chi connectivity index (χ1n) is 7.81. The predicted molar refractivity (Wildman–Crippen MR) is 94.6 cm³/mol. The number of rotatable bonds is 6. The minimum atomic E-state index is -0.0809. The third-order valence-corrected chi connectivity index (χ3v) is 3.85. The Labute approximate surface area is 149 Å². The van der Waals surface area contributed by atoms with Crippen molar-refractivity contribution >= 4 is 23.8 Å². The number of aryl methyl sites for hydroxylation is 1. The SMILES string of the molecule is Cc1ccc(NC(=O)C[NH+](C)Cn2nc(-c3ccco3)oc2=S)cc1. The van der Waals surface area contributed by atoms with Crippen LogP contribution in [0.3, 0.4) is 0 Å². The van der Waals surface area contributed by atoms with Crippen molar-refractivity contribution in [2.24, 2.45) is 0 Å². The summed E-state index contributed by atoms with van der Waals surface area (Å²) in [4.78, 5) is 13.3. The summed E-state index contributed by atoms with van der Waals surface area (Å²) in [7, 11) is 1.89. The van der Waals surface area contributed by atoms with Crippen LogP contribution in [0.4, 0.5) is 5.69 Å². The number of quaternary nitrogens is 1. The molecule has 0 aliphatic rings. The zero-order chi connectivity index (χ0) is 17.8. The number of furan rings is 1. The molecule has 0 fully saturated rings. The van der Waals surface area contributed by atoms with E-state index in [0.717, 1.165) is 16.2 Å². The molecule has 0 saturated heterocycles. The first-order valence-corrected chi connectivity index (χ1v) is 8.22. The molecule has 0 bridgehead atoms. The lowest BCUT2D eigenvalue weighted by Crippen LogP contribution is -3.09. The number of nitrogens with one attached hydrogen (secondary N) is 2. The molecule has 0 radical (unpaired) electrons. The minimum absolute atomic E-state index is 0.0809. The largest absolute Gasteiger partial charge is 0.459 e. The van der Waals surface area contributed by atoms with Gasteiger partial charge in [0.2, 0.25) is 0 Å². The highest BCUT2D eigenvalue weighted by Crippen LogP contribution is 2.17. The maximum Gasteiger partial charge on any atom is 0.292 e. The van der Waals surface area contributed by atoms with Gasteiger partial charge in [-0.25, -0.2) is 0 Å². The van der Waals surface area contributed by atoms with E-state index in [1.54, 1.807) is 23.1 Å². The van der Waals surface area contributed by atoms with Crippen molar-refractivity contribution in [1.29, 1.82) is 0 Å². The average Bonchev–Trinajstić information content (AvgIpc) is 3.20. The third kappa shape index (κ3) is 4.43. The van der Waals surface area contributed by atoms with Crippen LogP contribution in [0.1, 0.15) is 5.56 Å². The topological polar surface area (TPSA) is 77.6 Å². The summed E-state index contributed by atoms with van der Waals surface area (Å²) >= 11 is 5.17. The van der Waals surface area contributed by atoms with Crippen LogP contribution < -0.4 is 10.2 Å². The van der Waals surface area contributed by atoms with Crippen LogP contribution >= 0.6 is 12.2 Å². The molecule has 7 nitrogen and oxygen atoms in total. The molecule has 0 aliphatic carbocycles. The highest BCUT2D eigenvalue weighted by molar-refractivity contribution is 7.71. The molecule has 1 unspecified atom stereocenters. The van der Waals surface area contributed by atoms with Gasteiger partial charge in [0.15, 0.2) is 19.0 Å². The van der Waals surface area contributed by atoms with Crippen LogP contribution in [0.15, 0.2) is 51.5 Å². The highest BCUT2D eigenvalue weighted by atomic mass is 32.1. The van der Waals surface area contributed by atoms with Crippen LogP contribution in [0, 0.1) is 11.8 Å². The van der Waals surface area contributed by atoms with Crippen molar-refractivity contribution in [2.75, 3.05) is 18.9 Å². The second kappa shape index (κ2) is 7.45. The van der Waals surface area contributed by atoms with E-state index in [1.165, 1.54) is 0 Å². The normalized spacial score (nSPS) is 12.1. The van der Waals surface area contributed by atoms with Gasteiger partial charge in [-0.05, 0) is 43.4 Å². The van der Waals surface area contributed by atoms with Gasteiger partial charge in [-0.15, -0.1) is 5.10 Å². The van der Waals surface area contributed by atoms with Crippen molar-refractivity contribution in [3.8, 4) is 11.7 Å². The highest BCUT2D eigenvalue weighted by Gasteiger charge is 2.15. The molecule has 25 heavy (non-hydrogen) atoms. The molecule has 0 saturated carbocycles. The van der Waals surface area contributed by atoms with Crippen LogP contribution in [0.5, 0.6) is 0 Å². The molecule has 1 atom stereocenters. The second-order valence-electron chi connectivity index (χ2n) is 5.86. The number of nitrogens with zero attached hydrogens (tertiary/aromatic N) is 2.